The third kappa shape index (κ3) is 3.02. The predicted octanol–water partition coefficient (Wildman–Crippen LogP) is 3.34. The number of carbonyl (C=O) groups is 1. The van der Waals surface area contributed by atoms with Crippen LogP contribution in [0.3, 0.4) is 0 Å². The van der Waals surface area contributed by atoms with Crippen LogP contribution >= 0.6 is 11.9 Å². The Morgan fingerprint density at radius 1 is 1.40 bits per heavy atom. The molecule has 1 unspecified atom stereocenters. The molecule has 0 saturated carbocycles. The maximum atomic E-state index is 10.9. The highest BCUT2D eigenvalue weighted by Gasteiger charge is 2.46. The van der Waals surface area contributed by atoms with Crippen LogP contribution in [0.1, 0.15) is 24.7 Å². The molecule has 2 rings (SSSR count). The van der Waals surface area contributed by atoms with Crippen LogP contribution < -0.4 is 10.1 Å². The number of amides is 1. The van der Waals surface area contributed by atoms with E-state index >= 15 is 0 Å². The van der Waals surface area contributed by atoms with Gasteiger partial charge in [0.2, 0.25) is 0 Å². The zero-order valence-corrected chi connectivity index (χ0v) is 13.2. The number of hydrogen-bond donors (Lipinski definition) is 2. The number of fused-ring (bicyclic) bond motifs is 1. The number of para-hydroxylation sites is 1. The molecule has 0 radical (unpaired) electrons. The molecular formula is C14H21N2O3S+. The van der Waals surface area contributed by atoms with Crippen LogP contribution in [0.25, 0.3) is 0 Å². The van der Waals surface area contributed by atoms with Gasteiger partial charge in [-0.25, -0.2) is 4.79 Å². The van der Waals surface area contributed by atoms with E-state index in [1.807, 2.05) is 26.0 Å². The summed E-state index contributed by atoms with van der Waals surface area (Å²) in [5.74, 6) is 0.644. The van der Waals surface area contributed by atoms with E-state index in [0.29, 0.717) is 11.4 Å². The second-order valence-corrected chi connectivity index (χ2v) is 8.01. The van der Waals surface area contributed by atoms with Crippen molar-refractivity contribution in [2.24, 2.45) is 0 Å². The molecule has 0 fully saturated rings. The van der Waals surface area contributed by atoms with Crippen molar-refractivity contribution in [3.05, 3.63) is 23.8 Å². The van der Waals surface area contributed by atoms with E-state index in [2.05, 4.69) is 26.5 Å². The molecule has 1 aromatic carbocycles. The van der Waals surface area contributed by atoms with Crippen molar-refractivity contribution >= 4 is 23.7 Å². The number of ether oxygens (including phenoxy) is 1. The zero-order valence-electron chi connectivity index (χ0n) is 12.4. The first-order valence-electron chi connectivity index (χ1n) is 6.42. The van der Waals surface area contributed by atoms with E-state index in [0.717, 1.165) is 9.45 Å². The van der Waals surface area contributed by atoms with Crippen molar-refractivity contribution in [3.8, 4) is 5.75 Å². The Kier molecular flexibility index (Phi) is 3.64. The first-order valence-corrected chi connectivity index (χ1v) is 7.25. The molecule has 1 amide bonds. The molecule has 5 nitrogen and oxygen atoms in total. The normalized spacial score (nSPS) is 20.1. The highest BCUT2D eigenvalue weighted by atomic mass is 32.2. The summed E-state index contributed by atoms with van der Waals surface area (Å²) in [7, 11) is 6.33. The number of benzene rings is 1. The van der Waals surface area contributed by atoms with Crippen LogP contribution in [0, 0.1) is 0 Å². The van der Waals surface area contributed by atoms with Crippen LogP contribution in [-0.4, -0.2) is 41.8 Å². The molecule has 0 bridgehead atoms. The molecule has 0 aromatic heterocycles. The Labute approximate surface area is 123 Å². The molecule has 1 heterocycles. The number of rotatable bonds is 3. The Balaban J connectivity index is 2.42. The zero-order chi connectivity index (χ0) is 15.1. The summed E-state index contributed by atoms with van der Waals surface area (Å²) in [6.07, 6.45) is -1.08. The SMILES string of the molecule is CC1(C)Oc2c(NC(=O)O)cccc2C1S[N+](C)(C)C. The Bertz CT molecular complexity index is 538. The van der Waals surface area contributed by atoms with Crippen LogP contribution in [0.15, 0.2) is 18.2 Å². The maximum Gasteiger partial charge on any atom is 0.409 e. The fourth-order valence-corrected chi connectivity index (χ4v) is 3.51. The molecule has 6 heteroatoms. The number of nitrogens with one attached hydrogen (secondary N) is 1. The molecule has 0 saturated heterocycles. The van der Waals surface area contributed by atoms with Gasteiger partial charge in [0.25, 0.3) is 0 Å². The smallest absolute Gasteiger partial charge is 0.409 e. The summed E-state index contributed by atoms with van der Waals surface area (Å²) >= 11 is 1.78. The summed E-state index contributed by atoms with van der Waals surface area (Å²) < 4.78 is 6.77. The molecule has 1 aliphatic heterocycles. The van der Waals surface area contributed by atoms with Gasteiger partial charge in [-0.15, -0.1) is 0 Å². The number of quaternary nitrogens is 1. The van der Waals surface area contributed by atoms with Crippen molar-refractivity contribution in [1.29, 1.82) is 0 Å². The van der Waals surface area contributed by atoms with Crippen molar-refractivity contribution < 1.29 is 18.5 Å². The van der Waals surface area contributed by atoms with Gasteiger partial charge in [0.15, 0.2) is 0 Å². The maximum absolute atomic E-state index is 10.9. The summed E-state index contributed by atoms with van der Waals surface area (Å²) in [5.41, 5.74) is 1.17. The number of nitrogens with zero attached hydrogens (tertiary/aromatic N) is 1. The lowest BCUT2D eigenvalue weighted by Crippen LogP contribution is -2.35. The van der Waals surface area contributed by atoms with Crippen molar-refractivity contribution in [3.63, 3.8) is 0 Å². The molecule has 110 valence electrons. The quantitative estimate of drug-likeness (QED) is 0.663. The van der Waals surface area contributed by atoms with E-state index in [9.17, 15) is 4.79 Å². The van der Waals surface area contributed by atoms with Gasteiger partial charge in [-0.2, -0.15) is 0 Å². The second-order valence-electron chi connectivity index (χ2n) is 6.23. The lowest BCUT2D eigenvalue weighted by atomic mass is 10.0. The minimum Gasteiger partial charge on any atom is -0.484 e. The fourth-order valence-electron chi connectivity index (χ4n) is 2.28. The van der Waals surface area contributed by atoms with Gasteiger partial charge in [-0.05, 0) is 19.9 Å². The van der Waals surface area contributed by atoms with Crippen molar-refractivity contribution in [1.82, 2.24) is 0 Å². The Morgan fingerprint density at radius 3 is 2.60 bits per heavy atom. The standard InChI is InChI=1S/C14H20N2O3S/c1-14(2)12(20-16(3,4)5)9-7-6-8-10(11(9)19-14)15-13(17)18/h6-8,12,15H,1-5H3/p+1. The number of carboxylic acid groups (broad SMARTS) is 1. The van der Waals surface area contributed by atoms with E-state index in [1.54, 1.807) is 18.0 Å². The average molecular weight is 297 g/mol. The third-order valence-corrected chi connectivity index (χ3v) is 4.65. The van der Waals surface area contributed by atoms with Gasteiger partial charge in [-0.1, -0.05) is 12.1 Å². The van der Waals surface area contributed by atoms with Crippen molar-refractivity contribution in [2.75, 3.05) is 26.5 Å². The molecule has 1 aliphatic rings. The van der Waals surface area contributed by atoms with Gasteiger partial charge in [-0.3, -0.25) is 9.21 Å². The Morgan fingerprint density at radius 2 is 2.05 bits per heavy atom. The molecule has 20 heavy (non-hydrogen) atoms. The summed E-state index contributed by atoms with van der Waals surface area (Å²) in [6.45, 7) is 4.07. The molecular weight excluding hydrogens is 276 g/mol. The van der Waals surface area contributed by atoms with E-state index in [-0.39, 0.29) is 10.9 Å². The van der Waals surface area contributed by atoms with Gasteiger partial charge < -0.3 is 9.84 Å². The molecule has 1 aromatic rings. The molecule has 0 spiro atoms. The van der Waals surface area contributed by atoms with Gasteiger partial charge in [0.05, 0.1) is 38.8 Å². The second kappa shape index (κ2) is 4.86. The van der Waals surface area contributed by atoms with Crippen LogP contribution in [-0.2, 0) is 0 Å². The first-order chi connectivity index (χ1) is 9.10. The number of anilines is 1. The fraction of sp³-hybridized carbons (Fsp3) is 0.500. The average Bonchev–Trinajstić information content (AvgIpc) is 2.50. The largest absolute Gasteiger partial charge is 0.484 e. The third-order valence-electron chi connectivity index (χ3n) is 2.99. The van der Waals surface area contributed by atoms with Crippen LogP contribution in [0.5, 0.6) is 5.75 Å². The Hall–Kier alpha value is -1.40. The topological polar surface area (TPSA) is 58.6 Å². The van der Waals surface area contributed by atoms with Crippen LogP contribution in [0.2, 0.25) is 0 Å². The first kappa shape index (κ1) is 15.0. The van der Waals surface area contributed by atoms with Gasteiger partial charge >= 0.3 is 6.09 Å². The highest BCUT2D eigenvalue weighted by Crippen LogP contribution is 2.54. The molecule has 0 aliphatic carbocycles. The molecule has 2 N–H and O–H groups in total. The molecule has 1 atom stereocenters. The summed E-state index contributed by atoms with van der Waals surface area (Å²) in [4.78, 5) is 10.9. The van der Waals surface area contributed by atoms with Crippen molar-refractivity contribution in [2.45, 2.75) is 24.7 Å². The van der Waals surface area contributed by atoms with Gasteiger partial charge in [0, 0.05) is 5.56 Å². The van der Waals surface area contributed by atoms with Crippen LogP contribution in [0.4, 0.5) is 10.5 Å². The monoisotopic (exact) mass is 297 g/mol. The minimum absolute atomic E-state index is 0.146. The minimum atomic E-state index is -1.08. The number of hydrogen-bond acceptors (Lipinski definition) is 3. The summed E-state index contributed by atoms with van der Waals surface area (Å²) in [5, 5.41) is 11.5. The lowest BCUT2D eigenvalue weighted by molar-refractivity contribution is -0.727. The highest BCUT2D eigenvalue weighted by molar-refractivity contribution is 7.94. The van der Waals surface area contributed by atoms with E-state index in [1.165, 1.54) is 0 Å². The lowest BCUT2D eigenvalue weighted by Gasteiger charge is -2.30. The predicted molar refractivity (Wildman–Crippen MR) is 81.2 cm³/mol. The van der Waals surface area contributed by atoms with E-state index in [4.69, 9.17) is 9.84 Å². The van der Waals surface area contributed by atoms with E-state index < -0.39 is 6.09 Å². The summed E-state index contributed by atoms with van der Waals surface area (Å²) in [6, 6.07) is 5.59. The van der Waals surface area contributed by atoms with Gasteiger partial charge in [0.1, 0.15) is 16.6 Å².